The lowest BCUT2D eigenvalue weighted by atomic mass is 10.1. The number of benzene rings is 1. The Morgan fingerprint density at radius 2 is 2.19 bits per heavy atom. The molecule has 0 aliphatic heterocycles. The van der Waals surface area contributed by atoms with Gasteiger partial charge in [0.1, 0.15) is 5.75 Å². The maximum Gasteiger partial charge on any atom is 0.338 e. The molecule has 0 aliphatic carbocycles. The maximum absolute atomic E-state index is 12.0. The number of carbonyl (C=O) groups is 1. The lowest BCUT2D eigenvalue weighted by Crippen LogP contribution is -2.11. The van der Waals surface area contributed by atoms with Crippen molar-refractivity contribution in [3.05, 3.63) is 35.2 Å². The highest BCUT2D eigenvalue weighted by atomic mass is 16.5. The summed E-state index contributed by atoms with van der Waals surface area (Å²) in [7, 11) is 1.57. The number of rotatable bonds is 6. The molecule has 0 N–H and O–H groups in total. The van der Waals surface area contributed by atoms with E-state index in [-0.39, 0.29) is 6.61 Å². The molecule has 7 nitrogen and oxygen atoms in total. The number of esters is 1. The first kappa shape index (κ1) is 15.0. The minimum absolute atomic E-state index is 0.0437. The second kappa shape index (κ2) is 6.83. The first-order valence-electron chi connectivity index (χ1n) is 6.72. The van der Waals surface area contributed by atoms with E-state index in [4.69, 9.17) is 9.47 Å². The SMILES string of the molecule is CCCn1nnnc1COC(=O)c1ccc(C)c(OC)c1. The first-order chi connectivity index (χ1) is 10.2. The van der Waals surface area contributed by atoms with E-state index < -0.39 is 5.97 Å². The molecule has 0 atom stereocenters. The fourth-order valence-corrected chi connectivity index (χ4v) is 1.87. The molecule has 2 rings (SSSR count). The van der Waals surface area contributed by atoms with Gasteiger partial charge >= 0.3 is 5.97 Å². The molecule has 0 bridgehead atoms. The van der Waals surface area contributed by atoms with Crippen molar-refractivity contribution in [3.63, 3.8) is 0 Å². The molecule has 0 fully saturated rings. The largest absolute Gasteiger partial charge is 0.496 e. The Morgan fingerprint density at radius 3 is 2.90 bits per heavy atom. The number of methoxy groups -OCH3 is 1. The number of hydrogen-bond acceptors (Lipinski definition) is 6. The third-order valence-electron chi connectivity index (χ3n) is 3.02. The minimum atomic E-state index is -0.431. The topological polar surface area (TPSA) is 79.1 Å². The normalized spacial score (nSPS) is 10.4. The number of hydrogen-bond donors (Lipinski definition) is 0. The van der Waals surface area contributed by atoms with Gasteiger partial charge in [-0.25, -0.2) is 9.48 Å². The summed E-state index contributed by atoms with van der Waals surface area (Å²) in [6.45, 7) is 4.67. The number of aromatic nitrogens is 4. The predicted octanol–water partition coefficient (Wildman–Crippen LogP) is 1.76. The molecule has 1 aromatic heterocycles. The molecule has 0 unspecified atom stereocenters. The van der Waals surface area contributed by atoms with Gasteiger partial charge in [-0.15, -0.1) is 5.10 Å². The Kier molecular flexibility index (Phi) is 4.86. The molecule has 112 valence electrons. The van der Waals surface area contributed by atoms with Crippen LogP contribution in [-0.2, 0) is 17.9 Å². The molecule has 0 aliphatic rings. The van der Waals surface area contributed by atoms with Gasteiger partial charge in [0.2, 0.25) is 0 Å². The second-order valence-corrected chi connectivity index (χ2v) is 4.58. The van der Waals surface area contributed by atoms with Crippen molar-refractivity contribution in [2.45, 2.75) is 33.4 Å². The van der Waals surface area contributed by atoms with Crippen molar-refractivity contribution in [3.8, 4) is 5.75 Å². The first-order valence-corrected chi connectivity index (χ1v) is 6.72. The van der Waals surface area contributed by atoms with Gasteiger partial charge in [0, 0.05) is 6.54 Å². The fourth-order valence-electron chi connectivity index (χ4n) is 1.87. The van der Waals surface area contributed by atoms with E-state index in [1.807, 2.05) is 19.9 Å². The van der Waals surface area contributed by atoms with E-state index in [0.29, 0.717) is 23.7 Å². The highest BCUT2D eigenvalue weighted by Crippen LogP contribution is 2.19. The monoisotopic (exact) mass is 290 g/mol. The summed E-state index contributed by atoms with van der Waals surface area (Å²) >= 11 is 0. The Balaban J connectivity index is 2.03. The van der Waals surface area contributed by atoms with Gasteiger partial charge in [-0.3, -0.25) is 0 Å². The second-order valence-electron chi connectivity index (χ2n) is 4.58. The van der Waals surface area contributed by atoms with Crippen LogP contribution in [-0.4, -0.2) is 33.3 Å². The van der Waals surface area contributed by atoms with Gasteiger partial charge in [-0.1, -0.05) is 13.0 Å². The van der Waals surface area contributed by atoms with Crippen LogP contribution in [0.2, 0.25) is 0 Å². The van der Waals surface area contributed by atoms with Crippen molar-refractivity contribution < 1.29 is 14.3 Å². The van der Waals surface area contributed by atoms with Gasteiger partial charge in [0.05, 0.1) is 12.7 Å². The molecule has 0 saturated carbocycles. The zero-order chi connectivity index (χ0) is 15.2. The molecule has 2 aromatic rings. The summed E-state index contributed by atoms with van der Waals surface area (Å²) in [5.41, 5.74) is 1.40. The van der Waals surface area contributed by atoms with Gasteiger partial charge in [0.15, 0.2) is 12.4 Å². The molecule has 0 saturated heterocycles. The quantitative estimate of drug-likeness (QED) is 0.754. The van der Waals surface area contributed by atoms with Crippen molar-refractivity contribution in [1.29, 1.82) is 0 Å². The van der Waals surface area contributed by atoms with E-state index in [0.717, 1.165) is 12.0 Å². The average molecular weight is 290 g/mol. The Hall–Kier alpha value is -2.44. The predicted molar refractivity (Wildman–Crippen MR) is 75.0 cm³/mol. The third kappa shape index (κ3) is 3.56. The lowest BCUT2D eigenvalue weighted by molar-refractivity contribution is 0.0456. The van der Waals surface area contributed by atoms with Gasteiger partial charge in [0.25, 0.3) is 0 Å². The Morgan fingerprint density at radius 1 is 1.38 bits per heavy atom. The molecule has 21 heavy (non-hydrogen) atoms. The lowest BCUT2D eigenvalue weighted by Gasteiger charge is -2.08. The minimum Gasteiger partial charge on any atom is -0.496 e. The van der Waals surface area contributed by atoms with E-state index >= 15 is 0 Å². The summed E-state index contributed by atoms with van der Waals surface area (Å²) in [5.74, 6) is 0.754. The van der Waals surface area contributed by atoms with Crippen LogP contribution in [0, 0.1) is 6.92 Å². The van der Waals surface area contributed by atoms with Crippen LogP contribution in [0.4, 0.5) is 0 Å². The van der Waals surface area contributed by atoms with Gasteiger partial charge < -0.3 is 9.47 Å². The van der Waals surface area contributed by atoms with Crippen molar-refractivity contribution >= 4 is 5.97 Å². The van der Waals surface area contributed by atoms with Crippen LogP contribution in [0.3, 0.4) is 0 Å². The number of tetrazole rings is 1. The molecular weight excluding hydrogens is 272 g/mol. The summed E-state index contributed by atoms with van der Waals surface area (Å²) in [4.78, 5) is 12.0. The summed E-state index contributed by atoms with van der Waals surface area (Å²) < 4.78 is 12.1. The van der Waals surface area contributed by atoms with E-state index in [1.54, 1.807) is 23.9 Å². The number of carbonyl (C=O) groups excluding carboxylic acids is 1. The molecule has 0 radical (unpaired) electrons. The zero-order valence-corrected chi connectivity index (χ0v) is 12.4. The molecule has 7 heteroatoms. The van der Waals surface area contributed by atoms with E-state index in [1.165, 1.54) is 0 Å². The molecule has 0 spiro atoms. The Bertz CT molecular complexity index is 624. The highest BCUT2D eigenvalue weighted by Gasteiger charge is 2.12. The van der Waals surface area contributed by atoms with Crippen LogP contribution < -0.4 is 4.74 Å². The average Bonchev–Trinajstić information content (AvgIpc) is 2.93. The van der Waals surface area contributed by atoms with Crippen LogP contribution in [0.5, 0.6) is 5.75 Å². The van der Waals surface area contributed by atoms with Crippen LogP contribution in [0.15, 0.2) is 18.2 Å². The Labute approximate surface area is 122 Å². The number of aryl methyl sites for hydroxylation is 2. The molecule has 0 amide bonds. The van der Waals surface area contributed by atoms with Crippen molar-refractivity contribution in [2.24, 2.45) is 0 Å². The summed E-state index contributed by atoms with van der Waals surface area (Å²) in [6.07, 6.45) is 0.904. The molecular formula is C14H18N4O3. The zero-order valence-electron chi connectivity index (χ0n) is 12.4. The molecule has 1 aromatic carbocycles. The maximum atomic E-state index is 12.0. The summed E-state index contributed by atoms with van der Waals surface area (Å²) in [5, 5.41) is 11.3. The fraction of sp³-hybridized carbons (Fsp3) is 0.429. The van der Waals surface area contributed by atoms with Crippen LogP contribution in [0.25, 0.3) is 0 Å². The van der Waals surface area contributed by atoms with E-state index in [9.17, 15) is 4.79 Å². The highest BCUT2D eigenvalue weighted by molar-refractivity contribution is 5.90. The summed E-state index contributed by atoms with van der Waals surface area (Å²) in [6, 6.07) is 5.18. The van der Waals surface area contributed by atoms with Gasteiger partial charge in [-0.05, 0) is 41.5 Å². The van der Waals surface area contributed by atoms with Crippen molar-refractivity contribution in [1.82, 2.24) is 20.2 Å². The van der Waals surface area contributed by atoms with Gasteiger partial charge in [-0.2, -0.15) is 0 Å². The number of ether oxygens (including phenoxy) is 2. The van der Waals surface area contributed by atoms with E-state index in [2.05, 4.69) is 15.5 Å². The van der Waals surface area contributed by atoms with Crippen molar-refractivity contribution in [2.75, 3.05) is 7.11 Å². The smallest absolute Gasteiger partial charge is 0.338 e. The standard InChI is InChI=1S/C14H18N4O3/c1-4-7-18-13(15-16-17-18)9-21-14(19)11-6-5-10(2)12(8-11)20-3/h5-6,8H,4,7,9H2,1-3H3. The number of nitrogens with zero attached hydrogens (tertiary/aromatic N) is 4. The van der Waals surface area contributed by atoms with Crippen LogP contribution in [0.1, 0.15) is 35.1 Å². The third-order valence-corrected chi connectivity index (χ3v) is 3.02. The van der Waals surface area contributed by atoms with Crippen LogP contribution >= 0.6 is 0 Å². The molecule has 1 heterocycles.